The van der Waals surface area contributed by atoms with Gasteiger partial charge in [0.25, 0.3) is 0 Å². The summed E-state index contributed by atoms with van der Waals surface area (Å²) in [4.78, 5) is 4.80. The van der Waals surface area contributed by atoms with Crippen molar-refractivity contribution in [1.82, 2.24) is 9.80 Å². The summed E-state index contributed by atoms with van der Waals surface area (Å²) in [6.07, 6.45) is 26.2. The SMILES string of the molecule is CCCCCCCCC(CCCCCCCCCSSC(=S)N1CCCC1)SSC(=S)N1CCCC1. The van der Waals surface area contributed by atoms with Crippen LogP contribution in [0.15, 0.2) is 0 Å². The van der Waals surface area contributed by atoms with Crippen molar-refractivity contribution in [3.8, 4) is 0 Å². The maximum Gasteiger partial charge on any atom is 0.147 e. The second-order valence-corrected chi connectivity index (χ2v) is 16.6. The molecule has 36 heavy (non-hydrogen) atoms. The molecule has 0 saturated carbocycles. The third kappa shape index (κ3) is 16.3. The average Bonchev–Trinajstić information content (AvgIpc) is 3.62. The van der Waals surface area contributed by atoms with Gasteiger partial charge >= 0.3 is 0 Å². The minimum Gasteiger partial charge on any atom is -0.357 e. The topological polar surface area (TPSA) is 6.48 Å². The van der Waals surface area contributed by atoms with Gasteiger partial charge in [0.2, 0.25) is 0 Å². The molecule has 210 valence electrons. The molecule has 0 aromatic heterocycles. The Balaban J connectivity index is 1.47. The molecule has 1 unspecified atom stereocenters. The van der Waals surface area contributed by atoms with Gasteiger partial charge in [0.1, 0.15) is 8.64 Å². The maximum atomic E-state index is 5.73. The molecule has 2 saturated heterocycles. The minimum atomic E-state index is 0.780. The lowest BCUT2D eigenvalue weighted by molar-refractivity contribution is 0.538. The van der Waals surface area contributed by atoms with E-state index in [9.17, 15) is 0 Å². The van der Waals surface area contributed by atoms with Crippen molar-refractivity contribution in [3.05, 3.63) is 0 Å². The largest absolute Gasteiger partial charge is 0.357 e. The fourth-order valence-corrected chi connectivity index (χ4v) is 10.7. The summed E-state index contributed by atoms with van der Waals surface area (Å²) in [7, 11) is 7.80. The molecule has 0 N–H and O–H groups in total. The van der Waals surface area contributed by atoms with Crippen LogP contribution in [0.25, 0.3) is 0 Å². The van der Waals surface area contributed by atoms with E-state index in [-0.39, 0.29) is 0 Å². The van der Waals surface area contributed by atoms with Gasteiger partial charge in [-0.15, -0.1) is 0 Å². The van der Waals surface area contributed by atoms with Gasteiger partial charge in [-0.2, -0.15) is 0 Å². The van der Waals surface area contributed by atoms with Crippen LogP contribution >= 0.6 is 67.6 Å². The van der Waals surface area contributed by atoms with Crippen LogP contribution in [0.3, 0.4) is 0 Å². The molecule has 2 nitrogen and oxygen atoms in total. The van der Waals surface area contributed by atoms with E-state index in [0.717, 1.165) is 13.9 Å². The Labute approximate surface area is 250 Å². The Morgan fingerprint density at radius 1 is 0.611 bits per heavy atom. The van der Waals surface area contributed by atoms with Gasteiger partial charge in [0.05, 0.1) is 0 Å². The van der Waals surface area contributed by atoms with E-state index in [4.69, 9.17) is 24.4 Å². The van der Waals surface area contributed by atoms with E-state index in [1.165, 1.54) is 154 Å². The van der Waals surface area contributed by atoms with E-state index in [2.05, 4.69) is 27.5 Å². The molecule has 2 heterocycles. The number of rotatable bonds is 20. The van der Waals surface area contributed by atoms with E-state index in [0.29, 0.717) is 0 Å². The first-order valence-electron chi connectivity index (χ1n) is 14.9. The van der Waals surface area contributed by atoms with Crippen LogP contribution in [0.4, 0.5) is 0 Å². The maximum absolute atomic E-state index is 5.73. The fraction of sp³-hybridized carbons (Fsp3) is 0.929. The molecule has 0 amide bonds. The van der Waals surface area contributed by atoms with Crippen molar-refractivity contribution < 1.29 is 0 Å². The Morgan fingerprint density at radius 3 is 1.58 bits per heavy atom. The summed E-state index contributed by atoms with van der Waals surface area (Å²) in [5, 5.41) is 0.780. The Morgan fingerprint density at radius 2 is 1.06 bits per heavy atom. The molecular formula is C28H52N2S6. The molecule has 2 aliphatic rings. The zero-order valence-corrected chi connectivity index (χ0v) is 27.8. The minimum absolute atomic E-state index is 0.780. The second-order valence-electron chi connectivity index (χ2n) is 10.4. The van der Waals surface area contributed by atoms with Crippen molar-refractivity contribution in [3.63, 3.8) is 0 Å². The summed E-state index contributed by atoms with van der Waals surface area (Å²) < 4.78 is 2.25. The van der Waals surface area contributed by atoms with Gasteiger partial charge in [-0.05, 0) is 66.5 Å². The van der Waals surface area contributed by atoms with Crippen LogP contribution in [0.5, 0.6) is 0 Å². The molecule has 2 fully saturated rings. The first-order chi connectivity index (χ1) is 17.7. The highest BCUT2D eigenvalue weighted by atomic mass is 33.1. The normalized spacial score (nSPS) is 16.7. The lowest BCUT2D eigenvalue weighted by Crippen LogP contribution is -2.22. The smallest absolute Gasteiger partial charge is 0.147 e. The molecule has 0 radical (unpaired) electrons. The van der Waals surface area contributed by atoms with Gasteiger partial charge in [-0.3, -0.25) is 0 Å². The van der Waals surface area contributed by atoms with Crippen LogP contribution in [-0.4, -0.2) is 55.6 Å². The molecule has 0 aromatic carbocycles. The summed E-state index contributed by atoms with van der Waals surface area (Å²) >= 11 is 11.3. The summed E-state index contributed by atoms with van der Waals surface area (Å²) in [6.45, 7) is 7.01. The number of nitrogens with zero attached hydrogens (tertiary/aromatic N) is 2. The highest BCUT2D eigenvalue weighted by Crippen LogP contribution is 2.36. The van der Waals surface area contributed by atoms with E-state index < -0.39 is 0 Å². The van der Waals surface area contributed by atoms with Crippen LogP contribution < -0.4 is 0 Å². The number of likely N-dealkylation sites (tertiary alicyclic amines) is 2. The first kappa shape index (κ1) is 33.4. The quantitative estimate of drug-likeness (QED) is 0.0755. The average molecular weight is 609 g/mol. The number of hydrogen-bond donors (Lipinski definition) is 0. The zero-order valence-electron chi connectivity index (χ0n) is 22.9. The lowest BCUT2D eigenvalue weighted by Gasteiger charge is -2.20. The molecule has 0 spiro atoms. The fourth-order valence-electron chi connectivity index (χ4n) is 4.92. The lowest BCUT2D eigenvalue weighted by atomic mass is 10.0. The second kappa shape index (κ2) is 22.9. The zero-order chi connectivity index (χ0) is 25.7. The summed E-state index contributed by atoms with van der Waals surface area (Å²) in [5.41, 5.74) is 0. The molecule has 2 rings (SSSR count). The van der Waals surface area contributed by atoms with E-state index in [1.54, 1.807) is 0 Å². The van der Waals surface area contributed by atoms with Crippen LogP contribution in [0, 0.1) is 0 Å². The van der Waals surface area contributed by atoms with Gasteiger partial charge < -0.3 is 9.80 Å². The van der Waals surface area contributed by atoms with Crippen molar-refractivity contribution >= 4 is 76.3 Å². The Hall–Kier alpha value is 1.18. The number of hydrogen-bond acceptors (Lipinski definition) is 6. The predicted octanol–water partition coefficient (Wildman–Crippen LogP) is 10.8. The first-order valence-corrected chi connectivity index (χ1v) is 20.3. The molecule has 0 bridgehead atoms. The highest BCUT2D eigenvalue weighted by Gasteiger charge is 2.18. The van der Waals surface area contributed by atoms with Gasteiger partial charge in [-0.25, -0.2) is 0 Å². The third-order valence-electron chi connectivity index (χ3n) is 7.25. The predicted molar refractivity (Wildman–Crippen MR) is 181 cm³/mol. The van der Waals surface area contributed by atoms with Crippen molar-refractivity contribution in [2.24, 2.45) is 0 Å². The standard InChI is InChI=1S/C28H52N2S6/c1-2-3-4-5-9-12-19-26(34-36-28(32)30-23-16-17-24-30)20-13-10-7-6-8-11-18-25-33-35-27(31)29-21-14-15-22-29/h26H,2-25H2,1H3. The monoisotopic (exact) mass is 608 g/mol. The van der Waals surface area contributed by atoms with Gasteiger partial charge in [-0.1, -0.05) is 130 Å². The number of unbranched alkanes of at least 4 members (excludes halogenated alkanes) is 11. The molecule has 2 aliphatic heterocycles. The molecule has 0 aliphatic carbocycles. The summed E-state index contributed by atoms with van der Waals surface area (Å²) in [6, 6.07) is 0. The van der Waals surface area contributed by atoms with Crippen LogP contribution in [0.2, 0.25) is 0 Å². The number of thiocarbonyl (C=S) groups is 2. The van der Waals surface area contributed by atoms with Crippen molar-refractivity contribution in [2.75, 3.05) is 31.9 Å². The third-order valence-corrected chi connectivity index (χ3v) is 14.0. The van der Waals surface area contributed by atoms with Crippen LogP contribution in [0.1, 0.15) is 129 Å². The molecule has 0 aromatic rings. The van der Waals surface area contributed by atoms with Crippen molar-refractivity contribution in [2.45, 2.75) is 134 Å². The van der Waals surface area contributed by atoms with Gasteiger partial charge in [0.15, 0.2) is 0 Å². The van der Waals surface area contributed by atoms with Crippen LogP contribution in [-0.2, 0) is 0 Å². The van der Waals surface area contributed by atoms with E-state index in [1.807, 2.05) is 32.4 Å². The molecule has 1 atom stereocenters. The highest BCUT2D eigenvalue weighted by molar-refractivity contribution is 8.84. The molecule has 8 heteroatoms. The van der Waals surface area contributed by atoms with Gasteiger partial charge in [0, 0.05) is 37.2 Å². The Kier molecular flexibility index (Phi) is 21.3. The molecular weight excluding hydrogens is 557 g/mol. The summed E-state index contributed by atoms with van der Waals surface area (Å²) in [5.74, 6) is 1.24. The Bertz CT molecular complexity index is 564. The van der Waals surface area contributed by atoms with Crippen molar-refractivity contribution in [1.29, 1.82) is 0 Å². The van der Waals surface area contributed by atoms with E-state index >= 15 is 0 Å².